The van der Waals surface area contributed by atoms with Gasteiger partial charge in [-0.15, -0.1) is 0 Å². The Labute approximate surface area is 119 Å². The molecular weight excluding hydrogens is 321 g/mol. The molecule has 1 atom stereocenters. The third-order valence-electron chi connectivity index (χ3n) is 3.27. The Balaban J connectivity index is 2.20. The smallest absolute Gasteiger partial charge is 0.381 e. The van der Waals surface area contributed by atoms with Crippen LogP contribution in [-0.4, -0.2) is 31.1 Å². The fourth-order valence-electron chi connectivity index (χ4n) is 2.38. The van der Waals surface area contributed by atoms with Crippen LogP contribution in [0.5, 0.6) is 0 Å². The summed E-state index contributed by atoms with van der Waals surface area (Å²) in [5, 5.41) is 3.03. The second kappa shape index (κ2) is 5.71. The van der Waals surface area contributed by atoms with Crippen molar-refractivity contribution in [2.24, 2.45) is 0 Å². The van der Waals surface area contributed by atoms with Crippen LogP contribution in [0.15, 0.2) is 22.7 Å². The molecule has 106 valence electrons. The second-order valence-corrected chi connectivity index (χ2v) is 5.85. The third-order valence-corrected chi connectivity index (χ3v) is 3.76. The fourth-order valence-corrected chi connectivity index (χ4v) is 2.74. The Morgan fingerprint density at radius 3 is 2.74 bits per heavy atom. The predicted octanol–water partition coefficient (Wildman–Crippen LogP) is 3.97. The lowest BCUT2D eigenvalue weighted by Gasteiger charge is -2.31. The topological polar surface area (TPSA) is 15.3 Å². The number of hydrogen-bond donors (Lipinski definition) is 1. The van der Waals surface area contributed by atoms with Gasteiger partial charge in [0.2, 0.25) is 0 Å². The highest BCUT2D eigenvalue weighted by molar-refractivity contribution is 9.10. The summed E-state index contributed by atoms with van der Waals surface area (Å²) >= 11 is 3.09. The number of anilines is 1. The Morgan fingerprint density at radius 2 is 2.11 bits per heavy atom. The first-order chi connectivity index (χ1) is 8.86. The van der Waals surface area contributed by atoms with E-state index in [0.717, 1.165) is 32.0 Å². The van der Waals surface area contributed by atoms with Gasteiger partial charge in [-0.05, 0) is 44.6 Å². The molecule has 1 aromatic rings. The van der Waals surface area contributed by atoms with E-state index in [2.05, 4.69) is 26.1 Å². The SMILES string of the molecule is CN1CCCC(Nc2ccc(Br)cc2C(F)(F)F)C1. The highest BCUT2D eigenvalue weighted by Crippen LogP contribution is 2.37. The van der Waals surface area contributed by atoms with Crippen LogP contribution in [0.4, 0.5) is 18.9 Å². The summed E-state index contributed by atoms with van der Waals surface area (Å²) in [6.45, 7) is 1.78. The summed E-state index contributed by atoms with van der Waals surface area (Å²) in [5.41, 5.74) is -0.453. The number of likely N-dealkylation sites (N-methyl/N-ethyl adjacent to an activating group) is 1. The van der Waals surface area contributed by atoms with E-state index in [4.69, 9.17) is 0 Å². The molecule has 1 N–H and O–H groups in total. The molecule has 0 spiro atoms. The summed E-state index contributed by atoms with van der Waals surface area (Å²) in [6, 6.07) is 4.31. The van der Waals surface area contributed by atoms with Gasteiger partial charge >= 0.3 is 6.18 Å². The van der Waals surface area contributed by atoms with E-state index in [-0.39, 0.29) is 11.7 Å². The molecule has 1 saturated heterocycles. The molecule has 6 heteroatoms. The van der Waals surface area contributed by atoms with Gasteiger partial charge in [0.25, 0.3) is 0 Å². The van der Waals surface area contributed by atoms with Crippen LogP contribution in [0, 0.1) is 0 Å². The van der Waals surface area contributed by atoms with Gasteiger partial charge in [-0.2, -0.15) is 13.2 Å². The Kier molecular flexibility index (Phi) is 4.40. The first-order valence-electron chi connectivity index (χ1n) is 6.18. The molecule has 1 heterocycles. The number of nitrogens with one attached hydrogen (secondary N) is 1. The number of rotatable bonds is 2. The lowest BCUT2D eigenvalue weighted by atomic mass is 10.0. The summed E-state index contributed by atoms with van der Waals surface area (Å²) in [7, 11) is 1.99. The number of halogens is 4. The van der Waals surface area contributed by atoms with Gasteiger partial charge in [0, 0.05) is 22.7 Å². The minimum Gasteiger partial charge on any atom is -0.381 e. The molecule has 0 aliphatic carbocycles. The normalized spacial score (nSPS) is 21.4. The lowest BCUT2D eigenvalue weighted by Crippen LogP contribution is -2.40. The van der Waals surface area contributed by atoms with E-state index < -0.39 is 11.7 Å². The molecule has 1 fully saturated rings. The Hall–Kier alpha value is -0.750. The molecule has 1 aromatic carbocycles. The average Bonchev–Trinajstić information content (AvgIpc) is 2.30. The van der Waals surface area contributed by atoms with Gasteiger partial charge in [-0.3, -0.25) is 0 Å². The predicted molar refractivity (Wildman–Crippen MR) is 73.3 cm³/mol. The summed E-state index contributed by atoms with van der Waals surface area (Å²) < 4.78 is 39.4. The third kappa shape index (κ3) is 3.86. The maximum Gasteiger partial charge on any atom is 0.418 e. The van der Waals surface area contributed by atoms with Gasteiger partial charge in [-0.25, -0.2) is 0 Å². The summed E-state index contributed by atoms with van der Waals surface area (Å²) in [4.78, 5) is 2.13. The van der Waals surface area contributed by atoms with Crippen molar-refractivity contribution in [1.82, 2.24) is 4.90 Å². The van der Waals surface area contributed by atoms with Crippen molar-refractivity contribution in [3.05, 3.63) is 28.2 Å². The quantitative estimate of drug-likeness (QED) is 0.878. The highest BCUT2D eigenvalue weighted by atomic mass is 79.9. The minimum atomic E-state index is -4.34. The average molecular weight is 337 g/mol. The molecule has 0 amide bonds. The van der Waals surface area contributed by atoms with E-state index in [1.54, 1.807) is 6.07 Å². The number of nitrogens with zero attached hydrogens (tertiary/aromatic N) is 1. The minimum absolute atomic E-state index is 0.0704. The van der Waals surface area contributed by atoms with Crippen molar-refractivity contribution in [3.8, 4) is 0 Å². The molecular formula is C13H16BrF3N2. The summed E-state index contributed by atoms with van der Waals surface area (Å²) in [6.07, 6.45) is -2.43. The maximum absolute atomic E-state index is 13.0. The molecule has 0 saturated carbocycles. The first kappa shape index (κ1) is 14.7. The number of likely N-dealkylation sites (tertiary alicyclic amines) is 1. The zero-order chi connectivity index (χ0) is 14.0. The van der Waals surface area contributed by atoms with E-state index in [1.165, 1.54) is 6.07 Å². The zero-order valence-corrected chi connectivity index (χ0v) is 12.2. The van der Waals surface area contributed by atoms with E-state index in [1.807, 2.05) is 7.05 Å². The van der Waals surface area contributed by atoms with Crippen molar-refractivity contribution < 1.29 is 13.2 Å². The molecule has 1 aliphatic rings. The first-order valence-corrected chi connectivity index (χ1v) is 6.97. The fraction of sp³-hybridized carbons (Fsp3) is 0.538. The summed E-state index contributed by atoms with van der Waals surface area (Å²) in [5.74, 6) is 0. The Bertz CT molecular complexity index is 448. The van der Waals surface area contributed by atoms with Crippen molar-refractivity contribution in [1.29, 1.82) is 0 Å². The monoisotopic (exact) mass is 336 g/mol. The van der Waals surface area contributed by atoms with Gasteiger partial charge in [0.15, 0.2) is 0 Å². The standard InChI is InChI=1S/C13H16BrF3N2/c1-19-6-2-3-10(8-19)18-12-5-4-9(14)7-11(12)13(15,16)17/h4-5,7,10,18H,2-3,6,8H2,1H3. The molecule has 0 bridgehead atoms. The van der Waals surface area contributed by atoms with Crippen LogP contribution in [0.1, 0.15) is 18.4 Å². The zero-order valence-electron chi connectivity index (χ0n) is 10.6. The van der Waals surface area contributed by atoms with Crippen molar-refractivity contribution >= 4 is 21.6 Å². The van der Waals surface area contributed by atoms with Gasteiger partial charge in [0.1, 0.15) is 0 Å². The maximum atomic E-state index is 13.0. The molecule has 0 aromatic heterocycles. The van der Waals surface area contributed by atoms with Crippen molar-refractivity contribution in [2.75, 3.05) is 25.5 Å². The van der Waals surface area contributed by atoms with Gasteiger partial charge in [-0.1, -0.05) is 15.9 Å². The van der Waals surface area contributed by atoms with E-state index in [9.17, 15) is 13.2 Å². The highest BCUT2D eigenvalue weighted by Gasteiger charge is 2.34. The Morgan fingerprint density at radius 1 is 1.37 bits per heavy atom. The van der Waals surface area contributed by atoms with Crippen LogP contribution in [0.25, 0.3) is 0 Å². The van der Waals surface area contributed by atoms with Crippen LogP contribution in [0.3, 0.4) is 0 Å². The van der Waals surface area contributed by atoms with Crippen LogP contribution < -0.4 is 5.32 Å². The molecule has 0 radical (unpaired) electrons. The lowest BCUT2D eigenvalue weighted by molar-refractivity contribution is -0.137. The van der Waals surface area contributed by atoms with Crippen molar-refractivity contribution in [3.63, 3.8) is 0 Å². The molecule has 2 rings (SSSR count). The van der Waals surface area contributed by atoms with Gasteiger partial charge < -0.3 is 10.2 Å². The molecule has 1 aliphatic heterocycles. The van der Waals surface area contributed by atoms with E-state index in [0.29, 0.717) is 4.47 Å². The molecule has 2 nitrogen and oxygen atoms in total. The van der Waals surface area contributed by atoms with E-state index >= 15 is 0 Å². The van der Waals surface area contributed by atoms with Gasteiger partial charge in [0.05, 0.1) is 5.56 Å². The second-order valence-electron chi connectivity index (χ2n) is 4.93. The van der Waals surface area contributed by atoms with Crippen LogP contribution in [-0.2, 0) is 6.18 Å². The molecule has 19 heavy (non-hydrogen) atoms. The largest absolute Gasteiger partial charge is 0.418 e. The van der Waals surface area contributed by atoms with Crippen molar-refractivity contribution in [2.45, 2.75) is 25.1 Å². The number of alkyl halides is 3. The number of hydrogen-bond acceptors (Lipinski definition) is 2. The number of piperidine rings is 1. The molecule has 1 unspecified atom stereocenters. The number of benzene rings is 1. The van der Waals surface area contributed by atoms with Crippen LogP contribution >= 0.6 is 15.9 Å². The van der Waals surface area contributed by atoms with Crippen LogP contribution in [0.2, 0.25) is 0 Å².